The van der Waals surface area contributed by atoms with Gasteiger partial charge in [0.05, 0.1) is 3.39 Å². The topological polar surface area (TPSA) is 35.5 Å². The first-order valence-corrected chi connectivity index (χ1v) is 9.64. The Balaban J connectivity index is 1.58. The van der Waals surface area contributed by atoms with Gasteiger partial charge in [0, 0.05) is 5.92 Å². The van der Waals surface area contributed by atoms with Crippen molar-refractivity contribution in [3.05, 3.63) is 69.6 Å². The first kappa shape index (κ1) is 18.5. The molecule has 1 aliphatic rings. The van der Waals surface area contributed by atoms with Crippen LogP contribution >= 0.6 is 43.5 Å². The van der Waals surface area contributed by atoms with Crippen LogP contribution in [0.5, 0.6) is 11.5 Å². The van der Waals surface area contributed by atoms with Crippen molar-refractivity contribution in [3.8, 4) is 11.5 Å². The van der Waals surface area contributed by atoms with Gasteiger partial charge in [-0.3, -0.25) is 4.79 Å². The number of halogens is 3. The Bertz CT molecular complexity index is 790. The number of hydrogen-bond donors (Lipinski definition) is 0. The highest BCUT2D eigenvalue weighted by Crippen LogP contribution is 2.52. The molecule has 25 heavy (non-hydrogen) atoms. The fourth-order valence-corrected chi connectivity index (χ4v) is 3.35. The van der Waals surface area contributed by atoms with Crippen LogP contribution in [0.1, 0.15) is 12.0 Å². The van der Waals surface area contributed by atoms with Crippen LogP contribution in [0, 0.1) is 5.92 Å². The van der Waals surface area contributed by atoms with Gasteiger partial charge in [-0.05, 0) is 68.1 Å². The number of alkyl halides is 1. The average molecular weight is 487 g/mol. The quantitative estimate of drug-likeness (QED) is 0.363. The van der Waals surface area contributed by atoms with E-state index >= 15 is 0 Å². The summed E-state index contributed by atoms with van der Waals surface area (Å²) in [7, 11) is 0. The molecule has 1 aliphatic carbocycles. The van der Waals surface area contributed by atoms with E-state index in [2.05, 4.69) is 31.9 Å². The standard InChI is InChI=1S/C19H15Br2ClO3/c20-17(21)10-14-11-19(14,22)18(23)24-12-13-5-4-8-16(9-13)25-15-6-2-1-3-7-15/h1-10,14H,11-12H2. The molecule has 2 unspecified atom stereocenters. The monoisotopic (exact) mass is 484 g/mol. The van der Waals surface area contributed by atoms with Gasteiger partial charge in [-0.2, -0.15) is 0 Å². The number of benzene rings is 2. The molecule has 2 aromatic rings. The number of para-hydroxylation sites is 1. The number of esters is 1. The van der Waals surface area contributed by atoms with E-state index in [4.69, 9.17) is 21.1 Å². The van der Waals surface area contributed by atoms with Crippen LogP contribution in [-0.2, 0) is 16.1 Å². The van der Waals surface area contributed by atoms with Gasteiger partial charge in [0.2, 0.25) is 0 Å². The third-order valence-corrected chi connectivity index (χ3v) is 4.98. The first-order valence-electron chi connectivity index (χ1n) is 7.68. The van der Waals surface area contributed by atoms with E-state index in [1.807, 2.05) is 60.7 Å². The van der Waals surface area contributed by atoms with Crippen molar-refractivity contribution in [2.75, 3.05) is 0 Å². The molecule has 6 heteroatoms. The van der Waals surface area contributed by atoms with Crippen LogP contribution in [0.4, 0.5) is 0 Å². The van der Waals surface area contributed by atoms with Gasteiger partial charge >= 0.3 is 5.97 Å². The summed E-state index contributed by atoms with van der Waals surface area (Å²) in [6, 6.07) is 17.0. The van der Waals surface area contributed by atoms with E-state index in [0.29, 0.717) is 12.2 Å². The number of ether oxygens (including phenoxy) is 2. The Morgan fingerprint density at radius 3 is 2.60 bits per heavy atom. The summed E-state index contributed by atoms with van der Waals surface area (Å²) in [6.45, 7) is 0.158. The highest BCUT2D eigenvalue weighted by Gasteiger charge is 2.59. The molecular formula is C19H15Br2ClO3. The second-order valence-electron chi connectivity index (χ2n) is 5.77. The van der Waals surface area contributed by atoms with Crippen molar-refractivity contribution in [2.24, 2.45) is 5.92 Å². The van der Waals surface area contributed by atoms with Gasteiger partial charge in [-0.25, -0.2) is 0 Å². The summed E-state index contributed by atoms with van der Waals surface area (Å²) in [5.41, 5.74) is 0.844. The second-order valence-corrected chi connectivity index (χ2v) is 9.22. The summed E-state index contributed by atoms with van der Waals surface area (Å²) < 4.78 is 12.0. The molecule has 0 aliphatic heterocycles. The van der Waals surface area contributed by atoms with Gasteiger partial charge < -0.3 is 9.47 Å². The molecule has 0 amide bonds. The molecule has 0 spiro atoms. The zero-order valence-electron chi connectivity index (χ0n) is 13.1. The van der Waals surface area contributed by atoms with Gasteiger partial charge in [0.15, 0.2) is 0 Å². The van der Waals surface area contributed by atoms with Gasteiger partial charge in [-0.15, -0.1) is 11.6 Å². The van der Waals surface area contributed by atoms with Gasteiger partial charge in [-0.1, -0.05) is 36.4 Å². The number of rotatable bonds is 6. The predicted octanol–water partition coefficient (Wildman–Crippen LogP) is 6.15. The molecule has 3 rings (SSSR count). The molecule has 0 heterocycles. The van der Waals surface area contributed by atoms with Crippen molar-refractivity contribution < 1.29 is 14.3 Å². The van der Waals surface area contributed by atoms with Crippen molar-refractivity contribution in [3.63, 3.8) is 0 Å². The third-order valence-electron chi connectivity index (χ3n) is 3.86. The Hall–Kier alpha value is -1.30. The Labute approximate surface area is 168 Å². The maximum atomic E-state index is 12.2. The van der Waals surface area contributed by atoms with Crippen molar-refractivity contribution in [2.45, 2.75) is 17.9 Å². The maximum absolute atomic E-state index is 12.2. The number of carbonyl (C=O) groups excluding carboxylic acids is 1. The SMILES string of the molecule is O=C(OCc1cccc(Oc2ccccc2)c1)C1(Cl)CC1C=C(Br)Br. The molecule has 2 aromatic carbocycles. The summed E-state index contributed by atoms with van der Waals surface area (Å²) >= 11 is 12.9. The smallest absolute Gasteiger partial charge is 0.328 e. The molecule has 0 aromatic heterocycles. The van der Waals surface area contributed by atoms with Crippen LogP contribution < -0.4 is 4.74 Å². The normalized spacial score (nSPS) is 21.3. The van der Waals surface area contributed by atoms with Crippen LogP contribution in [0.25, 0.3) is 0 Å². The van der Waals surface area contributed by atoms with Crippen LogP contribution in [0.2, 0.25) is 0 Å². The molecule has 2 atom stereocenters. The predicted molar refractivity (Wildman–Crippen MR) is 105 cm³/mol. The second kappa shape index (κ2) is 7.94. The third kappa shape index (κ3) is 4.87. The minimum atomic E-state index is -0.953. The van der Waals surface area contributed by atoms with E-state index in [0.717, 1.165) is 14.7 Å². The minimum absolute atomic E-state index is 0.0248. The van der Waals surface area contributed by atoms with E-state index in [1.54, 1.807) is 0 Å². The number of allylic oxidation sites excluding steroid dienone is 1. The van der Waals surface area contributed by atoms with Crippen molar-refractivity contribution in [1.82, 2.24) is 0 Å². The van der Waals surface area contributed by atoms with E-state index in [1.165, 1.54) is 0 Å². The summed E-state index contributed by atoms with van der Waals surface area (Å²) in [5.74, 6) is 1.02. The fourth-order valence-electron chi connectivity index (χ4n) is 2.43. The number of carbonyl (C=O) groups is 1. The molecule has 1 fully saturated rings. The van der Waals surface area contributed by atoms with E-state index in [-0.39, 0.29) is 12.5 Å². The van der Waals surface area contributed by atoms with Crippen LogP contribution in [-0.4, -0.2) is 10.8 Å². The average Bonchev–Trinajstić information content (AvgIpc) is 3.24. The lowest BCUT2D eigenvalue weighted by atomic mass is 10.2. The molecule has 0 N–H and O–H groups in total. The molecule has 3 nitrogen and oxygen atoms in total. The van der Waals surface area contributed by atoms with Gasteiger partial charge in [0.25, 0.3) is 0 Å². The lowest BCUT2D eigenvalue weighted by molar-refractivity contribution is -0.145. The highest BCUT2D eigenvalue weighted by molar-refractivity contribution is 9.28. The van der Waals surface area contributed by atoms with Crippen molar-refractivity contribution in [1.29, 1.82) is 0 Å². The molecule has 0 saturated heterocycles. The molecule has 130 valence electrons. The molecule has 0 radical (unpaired) electrons. The molecule has 1 saturated carbocycles. The molecular weight excluding hydrogens is 471 g/mol. The molecule has 0 bridgehead atoms. The van der Waals surface area contributed by atoms with Crippen LogP contribution in [0.3, 0.4) is 0 Å². The fraction of sp³-hybridized carbons (Fsp3) is 0.211. The minimum Gasteiger partial charge on any atom is -0.459 e. The lowest BCUT2D eigenvalue weighted by Gasteiger charge is -2.10. The van der Waals surface area contributed by atoms with Crippen LogP contribution in [0.15, 0.2) is 64.1 Å². The van der Waals surface area contributed by atoms with E-state index in [9.17, 15) is 4.79 Å². The van der Waals surface area contributed by atoms with Crippen molar-refractivity contribution >= 4 is 49.4 Å². The largest absolute Gasteiger partial charge is 0.459 e. The zero-order chi connectivity index (χ0) is 17.9. The maximum Gasteiger partial charge on any atom is 0.328 e. The van der Waals surface area contributed by atoms with Gasteiger partial charge in [0.1, 0.15) is 23.0 Å². The first-order chi connectivity index (χ1) is 12.0. The number of hydrogen-bond acceptors (Lipinski definition) is 3. The summed E-state index contributed by atoms with van der Waals surface area (Å²) in [5, 5.41) is 0. The lowest BCUT2D eigenvalue weighted by Crippen LogP contribution is -2.21. The summed E-state index contributed by atoms with van der Waals surface area (Å²) in [4.78, 5) is 11.3. The summed E-state index contributed by atoms with van der Waals surface area (Å²) in [6.07, 6.45) is 2.44. The highest BCUT2D eigenvalue weighted by atomic mass is 79.9. The Morgan fingerprint density at radius 2 is 1.88 bits per heavy atom. The Morgan fingerprint density at radius 1 is 1.16 bits per heavy atom. The zero-order valence-corrected chi connectivity index (χ0v) is 17.1. The Kier molecular flexibility index (Phi) is 5.87. The van der Waals surface area contributed by atoms with E-state index < -0.39 is 10.8 Å².